The summed E-state index contributed by atoms with van der Waals surface area (Å²) in [7, 11) is -3.08. The molecule has 3 rings (SSSR count). The molecule has 7 heteroatoms. The third kappa shape index (κ3) is 5.14. The van der Waals surface area contributed by atoms with Crippen LogP contribution < -0.4 is 0 Å². The van der Waals surface area contributed by atoms with Gasteiger partial charge in [-0.3, -0.25) is 4.79 Å². The molecule has 0 saturated carbocycles. The minimum Gasteiger partial charge on any atom is -0.459 e. The SMILES string of the molecule is CC(C)CC(=O)N(Cc1ccc(-c2cccc(Cl)c2)o1)[C@H]1CCS(=O)(=O)C1. The molecule has 5 nitrogen and oxygen atoms in total. The van der Waals surface area contributed by atoms with Crippen LogP contribution in [0.1, 0.15) is 32.4 Å². The molecule has 1 aliphatic heterocycles. The Bertz CT molecular complexity index is 920. The molecule has 1 amide bonds. The molecule has 1 saturated heterocycles. The largest absolute Gasteiger partial charge is 0.459 e. The van der Waals surface area contributed by atoms with E-state index in [-0.39, 0.29) is 35.9 Å². The first-order chi connectivity index (χ1) is 12.7. The second-order valence-electron chi connectivity index (χ2n) is 7.45. The Morgan fingerprint density at radius 2 is 2.07 bits per heavy atom. The fourth-order valence-corrected chi connectivity index (χ4v) is 5.26. The van der Waals surface area contributed by atoms with Crippen molar-refractivity contribution in [3.05, 3.63) is 47.2 Å². The second-order valence-corrected chi connectivity index (χ2v) is 10.1. The molecule has 0 spiro atoms. The maximum absolute atomic E-state index is 12.7. The molecule has 0 N–H and O–H groups in total. The number of sulfone groups is 1. The van der Waals surface area contributed by atoms with Crippen LogP contribution in [-0.4, -0.2) is 36.8 Å². The van der Waals surface area contributed by atoms with Gasteiger partial charge in [0, 0.05) is 23.0 Å². The van der Waals surface area contributed by atoms with E-state index in [4.69, 9.17) is 16.0 Å². The van der Waals surface area contributed by atoms with Gasteiger partial charge >= 0.3 is 0 Å². The van der Waals surface area contributed by atoms with Crippen LogP contribution in [0, 0.1) is 5.92 Å². The van der Waals surface area contributed by atoms with Gasteiger partial charge in [0.1, 0.15) is 11.5 Å². The van der Waals surface area contributed by atoms with E-state index in [1.165, 1.54) is 0 Å². The Labute approximate surface area is 165 Å². The van der Waals surface area contributed by atoms with Gasteiger partial charge in [-0.2, -0.15) is 0 Å². The first kappa shape index (κ1) is 20.0. The van der Waals surface area contributed by atoms with Crippen LogP contribution in [-0.2, 0) is 21.2 Å². The summed E-state index contributed by atoms with van der Waals surface area (Å²) >= 11 is 6.04. The van der Waals surface area contributed by atoms with Crippen LogP contribution in [0.15, 0.2) is 40.8 Å². The van der Waals surface area contributed by atoms with Crippen LogP contribution >= 0.6 is 11.6 Å². The molecule has 1 aliphatic rings. The van der Waals surface area contributed by atoms with Gasteiger partial charge in [0.15, 0.2) is 9.84 Å². The van der Waals surface area contributed by atoms with E-state index < -0.39 is 9.84 Å². The highest BCUT2D eigenvalue weighted by molar-refractivity contribution is 7.91. The summed E-state index contributed by atoms with van der Waals surface area (Å²) in [5, 5.41) is 0.621. The minimum absolute atomic E-state index is 0.0265. The first-order valence-electron chi connectivity index (χ1n) is 9.08. The maximum Gasteiger partial charge on any atom is 0.223 e. The maximum atomic E-state index is 12.7. The Balaban J connectivity index is 1.81. The molecule has 1 aromatic carbocycles. The van der Waals surface area contributed by atoms with E-state index in [0.717, 1.165) is 5.56 Å². The average Bonchev–Trinajstić information content (AvgIpc) is 3.18. The Kier molecular flexibility index (Phi) is 5.96. The lowest BCUT2D eigenvalue weighted by atomic mass is 10.1. The molecule has 2 heterocycles. The number of halogens is 1. The molecule has 1 fully saturated rings. The Hall–Kier alpha value is -1.79. The third-order valence-corrected chi connectivity index (χ3v) is 6.63. The van der Waals surface area contributed by atoms with Gasteiger partial charge in [0.2, 0.25) is 5.91 Å². The quantitative estimate of drug-likeness (QED) is 0.718. The zero-order valence-corrected chi connectivity index (χ0v) is 17.1. The van der Waals surface area contributed by atoms with Gasteiger partial charge in [-0.15, -0.1) is 0 Å². The van der Waals surface area contributed by atoms with Crippen molar-refractivity contribution < 1.29 is 17.6 Å². The van der Waals surface area contributed by atoms with Crippen LogP contribution in [0.5, 0.6) is 0 Å². The molecular weight excluding hydrogens is 386 g/mol. The number of amides is 1. The molecule has 0 aliphatic carbocycles. The van der Waals surface area contributed by atoms with Crippen molar-refractivity contribution in [2.45, 2.75) is 39.3 Å². The van der Waals surface area contributed by atoms with Gasteiger partial charge in [-0.1, -0.05) is 37.6 Å². The highest BCUT2D eigenvalue weighted by atomic mass is 35.5. The lowest BCUT2D eigenvalue weighted by Gasteiger charge is -2.28. The van der Waals surface area contributed by atoms with E-state index in [2.05, 4.69) is 0 Å². The van der Waals surface area contributed by atoms with Crippen molar-refractivity contribution in [2.24, 2.45) is 5.92 Å². The van der Waals surface area contributed by atoms with Gasteiger partial charge in [0.25, 0.3) is 0 Å². The van der Waals surface area contributed by atoms with Crippen molar-refractivity contribution in [2.75, 3.05) is 11.5 Å². The van der Waals surface area contributed by atoms with E-state index in [1.807, 2.05) is 44.2 Å². The number of nitrogens with zero attached hydrogens (tertiary/aromatic N) is 1. The van der Waals surface area contributed by atoms with Gasteiger partial charge in [-0.25, -0.2) is 8.42 Å². The zero-order valence-electron chi connectivity index (χ0n) is 15.5. The third-order valence-electron chi connectivity index (χ3n) is 4.65. The fourth-order valence-electron chi connectivity index (χ4n) is 3.34. The van der Waals surface area contributed by atoms with Gasteiger partial charge in [-0.05, 0) is 36.6 Å². The molecule has 0 bridgehead atoms. The summed E-state index contributed by atoms with van der Waals surface area (Å²) < 4.78 is 29.7. The molecule has 27 heavy (non-hydrogen) atoms. The Morgan fingerprint density at radius 1 is 1.30 bits per heavy atom. The number of carbonyl (C=O) groups is 1. The number of rotatable bonds is 6. The second kappa shape index (κ2) is 8.07. The van der Waals surface area contributed by atoms with Crippen LogP contribution in [0.4, 0.5) is 0 Å². The van der Waals surface area contributed by atoms with Crippen LogP contribution in [0.3, 0.4) is 0 Å². The van der Waals surface area contributed by atoms with Crippen molar-refractivity contribution in [3.8, 4) is 11.3 Å². The summed E-state index contributed by atoms with van der Waals surface area (Å²) in [6.07, 6.45) is 0.867. The van der Waals surface area contributed by atoms with Crippen LogP contribution in [0.2, 0.25) is 5.02 Å². The van der Waals surface area contributed by atoms with E-state index in [0.29, 0.717) is 29.4 Å². The molecule has 0 unspecified atom stereocenters. The summed E-state index contributed by atoms with van der Waals surface area (Å²) in [4.78, 5) is 14.4. The monoisotopic (exact) mass is 409 g/mol. The number of benzene rings is 1. The highest BCUT2D eigenvalue weighted by Gasteiger charge is 2.35. The van der Waals surface area contributed by atoms with Crippen molar-refractivity contribution >= 4 is 27.3 Å². The average molecular weight is 410 g/mol. The Morgan fingerprint density at radius 3 is 2.70 bits per heavy atom. The zero-order chi connectivity index (χ0) is 19.6. The number of hydrogen-bond acceptors (Lipinski definition) is 4. The normalized spacial score (nSPS) is 18.7. The van der Waals surface area contributed by atoms with Crippen molar-refractivity contribution in [3.63, 3.8) is 0 Å². The molecule has 0 radical (unpaired) electrons. The van der Waals surface area contributed by atoms with Crippen LogP contribution in [0.25, 0.3) is 11.3 Å². The van der Waals surface area contributed by atoms with Gasteiger partial charge < -0.3 is 9.32 Å². The number of furan rings is 1. The lowest BCUT2D eigenvalue weighted by molar-refractivity contribution is -0.134. The summed E-state index contributed by atoms with van der Waals surface area (Å²) in [5.41, 5.74) is 0.859. The fraction of sp³-hybridized carbons (Fsp3) is 0.450. The number of hydrogen-bond donors (Lipinski definition) is 0. The highest BCUT2D eigenvalue weighted by Crippen LogP contribution is 2.27. The standard InChI is InChI=1S/C20H24ClNO4S/c1-14(2)10-20(23)22(17-8-9-27(24,25)13-17)12-18-6-7-19(26-18)15-4-3-5-16(21)11-15/h3-7,11,14,17H,8-10,12-13H2,1-2H3/t17-/m0/s1. The van der Waals surface area contributed by atoms with Crippen molar-refractivity contribution in [1.82, 2.24) is 4.90 Å². The first-order valence-corrected chi connectivity index (χ1v) is 11.3. The molecular formula is C20H24ClNO4S. The summed E-state index contributed by atoms with van der Waals surface area (Å²) in [6.45, 7) is 4.23. The summed E-state index contributed by atoms with van der Waals surface area (Å²) in [5.74, 6) is 1.63. The topological polar surface area (TPSA) is 67.6 Å². The smallest absolute Gasteiger partial charge is 0.223 e. The lowest BCUT2D eigenvalue weighted by Crippen LogP contribution is -2.41. The number of carbonyl (C=O) groups excluding carboxylic acids is 1. The van der Waals surface area contributed by atoms with E-state index in [1.54, 1.807) is 11.0 Å². The molecule has 146 valence electrons. The van der Waals surface area contributed by atoms with Crippen molar-refractivity contribution in [1.29, 1.82) is 0 Å². The van der Waals surface area contributed by atoms with E-state index >= 15 is 0 Å². The summed E-state index contributed by atoms with van der Waals surface area (Å²) in [6, 6.07) is 10.7. The molecule has 2 aromatic rings. The van der Waals surface area contributed by atoms with Gasteiger partial charge in [0.05, 0.1) is 18.1 Å². The minimum atomic E-state index is -3.08. The predicted molar refractivity (Wildman–Crippen MR) is 106 cm³/mol. The predicted octanol–water partition coefficient (Wildman–Crippen LogP) is 4.16. The van der Waals surface area contributed by atoms with E-state index in [9.17, 15) is 13.2 Å². The molecule has 1 aromatic heterocycles. The molecule has 1 atom stereocenters.